The van der Waals surface area contributed by atoms with E-state index in [1.807, 2.05) is 6.92 Å². The molecule has 1 fully saturated rings. The number of nitrogens with one attached hydrogen (secondary N) is 1. The minimum absolute atomic E-state index is 0.114. The first-order chi connectivity index (χ1) is 6.24. The smallest absolute Gasteiger partial charge is 0.333 e. The first-order valence-electron chi connectivity index (χ1n) is 4.78. The molecule has 0 unspecified atom stereocenters. The maximum atomic E-state index is 11.3. The van der Waals surface area contributed by atoms with Crippen LogP contribution in [0.4, 0.5) is 0 Å². The maximum Gasteiger partial charge on any atom is 0.333 e. The van der Waals surface area contributed by atoms with E-state index >= 15 is 0 Å². The lowest BCUT2D eigenvalue weighted by Crippen LogP contribution is -2.33. The lowest BCUT2D eigenvalue weighted by molar-refractivity contribution is -0.145. The number of piperidine rings is 1. The van der Waals surface area contributed by atoms with Crippen molar-refractivity contribution < 1.29 is 9.53 Å². The quantitative estimate of drug-likeness (QED) is 0.517. The number of allylic oxidation sites excluding steroid dienone is 1. The summed E-state index contributed by atoms with van der Waals surface area (Å²) < 4.78 is 5.30. The first-order valence-corrected chi connectivity index (χ1v) is 4.78. The summed E-state index contributed by atoms with van der Waals surface area (Å²) in [7, 11) is 0. The molecule has 0 atom stereocenters. The largest absolute Gasteiger partial charge is 0.459 e. The standard InChI is InChI=1S/C10H17NO2/c1-3-8(2)10(12)13-9-4-6-11-7-5-9/h3,9,11H,4-7H2,1-2H3. The lowest BCUT2D eigenvalue weighted by atomic mass is 10.1. The Hall–Kier alpha value is -0.830. The molecule has 1 heterocycles. The number of esters is 1. The third kappa shape index (κ3) is 3.19. The van der Waals surface area contributed by atoms with Crippen LogP contribution in [0.1, 0.15) is 26.7 Å². The molecule has 0 aromatic carbocycles. The van der Waals surface area contributed by atoms with Crippen molar-refractivity contribution in [1.82, 2.24) is 5.32 Å². The second-order valence-corrected chi connectivity index (χ2v) is 3.33. The van der Waals surface area contributed by atoms with Crippen LogP contribution in [0.25, 0.3) is 0 Å². The van der Waals surface area contributed by atoms with E-state index in [0.29, 0.717) is 5.57 Å². The molecule has 0 aromatic heterocycles. The third-order valence-electron chi connectivity index (χ3n) is 2.31. The van der Waals surface area contributed by atoms with Gasteiger partial charge in [0.05, 0.1) is 0 Å². The molecule has 0 saturated carbocycles. The third-order valence-corrected chi connectivity index (χ3v) is 2.31. The zero-order chi connectivity index (χ0) is 9.68. The van der Waals surface area contributed by atoms with Crippen molar-refractivity contribution in [1.29, 1.82) is 0 Å². The van der Waals surface area contributed by atoms with Gasteiger partial charge in [0.1, 0.15) is 6.10 Å². The zero-order valence-corrected chi connectivity index (χ0v) is 8.30. The average molecular weight is 183 g/mol. The van der Waals surface area contributed by atoms with Crippen molar-refractivity contribution in [3.05, 3.63) is 11.6 Å². The Kier molecular flexibility index (Phi) is 3.96. The second-order valence-electron chi connectivity index (χ2n) is 3.33. The Morgan fingerprint density at radius 2 is 2.08 bits per heavy atom. The fraction of sp³-hybridized carbons (Fsp3) is 0.700. The molecule has 1 saturated heterocycles. The van der Waals surface area contributed by atoms with Crippen LogP contribution in [-0.4, -0.2) is 25.2 Å². The van der Waals surface area contributed by atoms with Gasteiger partial charge in [0.25, 0.3) is 0 Å². The van der Waals surface area contributed by atoms with Gasteiger partial charge in [0.15, 0.2) is 0 Å². The van der Waals surface area contributed by atoms with Crippen molar-refractivity contribution in [2.75, 3.05) is 13.1 Å². The summed E-state index contributed by atoms with van der Waals surface area (Å²) in [6, 6.07) is 0. The normalized spacial score (nSPS) is 20.0. The van der Waals surface area contributed by atoms with Crippen LogP contribution in [0.3, 0.4) is 0 Å². The molecule has 74 valence electrons. The fourth-order valence-corrected chi connectivity index (χ4v) is 1.28. The molecule has 1 N–H and O–H groups in total. The highest BCUT2D eigenvalue weighted by atomic mass is 16.5. The molecule has 0 radical (unpaired) electrons. The topological polar surface area (TPSA) is 38.3 Å². The van der Waals surface area contributed by atoms with Crippen LogP contribution < -0.4 is 5.32 Å². The molecule has 0 amide bonds. The summed E-state index contributed by atoms with van der Waals surface area (Å²) in [6.07, 6.45) is 3.76. The van der Waals surface area contributed by atoms with Gasteiger partial charge in [-0.25, -0.2) is 4.79 Å². The van der Waals surface area contributed by atoms with Crippen molar-refractivity contribution >= 4 is 5.97 Å². The molecule has 0 bridgehead atoms. The number of hydrogen-bond donors (Lipinski definition) is 1. The molecular formula is C10H17NO2. The summed E-state index contributed by atoms with van der Waals surface area (Å²) in [4.78, 5) is 11.3. The Labute approximate surface area is 79.2 Å². The van der Waals surface area contributed by atoms with E-state index in [1.54, 1.807) is 13.0 Å². The molecule has 0 aromatic rings. The van der Waals surface area contributed by atoms with E-state index in [4.69, 9.17) is 4.74 Å². The van der Waals surface area contributed by atoms with Gasteiger partial charge >= 0.3 is 5.97 Å². The minimum Gasteiger partial charge on any atom is -0.459 e. The second kappa shape index (κ2) is 5.02. The highest BCUT2D eigenvalue weighted by molar-refractivity contribution is 5.87. The van der Waals surface area contributed by atoms with Gasteiger partial charge in [-0.3, -0.25) is 0 Å². The molecule has 0 aliphatic carbocycles. The van der Waals surface area contributed by atoms with Crippen LogP contribution in [0.15, 0.2) is 11.6 Å². The van der Waals surface area contributed by atoms with Crippen molar-refractivity contribution in [3.8, 4) is 0 Å². The highest BCUT2D eigenvalue weighted by Crippen LogP contribution is 2.09. The van der Waals surface area contributed by atoms with Gasteiger partial charge in [-0.1, -0.05) is 6.08 Å². The monoisotopic (exact) mass is 183 g/mol. The number of ether oxygens (including phenoxy) is 1. The molecule has 3 heteroatoms. The summed E-state index contributed by atoms with van der Waals surface area (Å²) in [5.41, 5.74) is 0.693. The van der Waals surface area contributed by atoms with Gasteiger partial charge in [0.2, 0.25) is 0 Å². The Bertz CT molecular complexity index is 205. The maximum absolute atomic E-state index is 11.3. The van der Waals surface area contributed by atoms with Gasteiger partial charge in [-0.15, -0.1) is 0 Å². The van der Waals surface area contributed by atoms with Crippen molar-refractivity contribution in [2.24, 2.45) is 0 Å². The van der Waals surface area contributed by atoms with E-state index in [9.17, 15) is 4.79 Å². The molecule has 3 nitrogen and oxygen atoms in total. The summed E-state index contributed by atoms with van der Waals surface area (Å²) in [5, 5.41) is 3.23. The van der Waals surface area contributed by atoms with E-state index in [-0.39, 0.29) is 12.1 Å². The SMILES string of the molecule is CC=C(C)C(=O)OC1CCNCC1. The van der Waals surface area contributed by atoms with Crippen LogP contribution in [0.2, 0.25) is 0 Å². The van der Waals surface area contributed by atoms with Gasteiger partial charge in [-0.2, -0.15) is 0 Å². The van der Waals surface area contributed by atoms with Gasteiger partial charge < -0.3 is 10.1 Å². The van der Waals surface area contributed by atoms with Crippen molar-refractivity contribution in [2.45, 2.75) is 32.8 Å². The van der Waals surface area contributed by atoms with E-state index in [0.717, 1.165) is 25.9 Å². The number of rotatable bonds is 2. The summed E-state index contributed by atoms with van der Waals surface area (Å²) in [5.74, 6) is -0.172. The first kappa shape index (κ1) is 10.3. The molecule has 1 aliphatic rings. The fourth-order valence-electron chi connectivity index (χ4n) is 1.28. The van der Waals surface area contributed by atoms with Crippen LogP contribution >= 0.6 is 0 Å². The van der Waals surface area contributed by atoms with E-state index < -0.39 is 0 Å². The summed E-state index contributed by atoms with van der Waals surface area (Å²) >= 11 is 0. The van der Waals surface area contributed by atoms with E-state index in [1.165, 1.54) is 0 Å². The number of carbonyl (C=O) groups is 1. The minimum atomic E-state index is -0.172. The molecular weight excluding hydrogens is 166 g/mol. The predicted octanol–water partition coefficient (Wildman–Crippen LogP) is 1.25. The molecule has 13 heavy (non-hydrogen) atoms. The molecule has 1 aliphatic heterocycles. The van der Waals surface area contributed by atoms with Crippen LogP contribution in [0, 0.1) is 0 Å². The highest BCUT2D eigenvalue weighted by Gasteiger charge is 2.17. The van der Waals surface area contributed by atoms with Gasteiger partial charge in [0, 0.05) is 5.57 Å². The number of hydrogen-bond acceptors (Lipinski definition) is 3. The van der Waals surface area contributed by atoms with Crippen molar-refractivity contribution in [3.63, 3.8) is 0 Å². The Morgan fingerprint density at radius 3 is 2.62 bits per heavy atom. The van der Waals surface area contributed by atoms with Crippen LogP contribution in [-0.2, 0) is 9.53 Å². The Balaban J connectivity index is 2.34. The van der Waals surface area contributed by atoms with E-state index in [2.05, 4.69) is 5.32 Å². The zero-order valence-electron chi connectivity index (χ0n) is 8.30. The molecule has 1 rings (SSSR count). The van der Waals surface area contributed by atoms with Crippen LogP contribution in [0.5, 0.6) is 0 Å². The summed E-state index contributed by atoms with van der Waals surface area (Å²) in [6.45, 7) is 5.53. The van der Waals surface area contributed by atoms with Gasteiger partial charge in [-0.05, 0) is 39.8 Å². The Morgan fingerprint density at radius 1 is 1.46 bits per heavy atom. The molecule has 0 spiro atoms. The lowest BCUT2D eigenvalue weighted by Gasteiger charge is -2.22. The predicted molar refractivity (Wildman–Crippen MR) is 51.4 cm³/mol. The number of carbonyl (C=O) groups excluding carboxylic acids is 1. The average Bonchev–Trinajstić information content (AvgIpc) is 2.18.